The molecule has 0 aliphatic heterocycles. The van der Waals surface area contributed by atoms with Gasteiger partial charge in [-0.3, -0.25) is 4.98 Å². The lowest BCUT2D eigenvalue weighted by atomic mass is 10.0. The topological polar surface area (TPSA) is 38.9 Å². The van der Waals surface area contributed by atoms with E-state index in [0.29, 0.717) is 5.92 Å². The summed E-state index contributed by atoms with van der Waals surface area (Å²) in [5.41, 5.74) is 7.07. The third kappa shape index (κ3) is 4.62. The predicted molar refractivity (Wildman–Crippen MR) is 70.8 cm³/mol. The molecule has 0 spiro atoms. The van der Waals surface area contributed by atoms with E-state index >= 15 is 0 Å². The van der Waals surface area contributed by atoms with Gasteiger partial charge in [0.05, 0.1) is 5.69 Å². The largest absolute Gasteiger partial charge is 0.327 e. The maximum atomic E-state index is 6.04. The Hall–Kier alpha value is 0.0700. The van der Waals surface area contributed by atoms with Gasteiger partial charge in [-0.25, -0.2) is 0 Å². The van der Waals surface area contributed by atoms with E-state index in [2.05, 4.69) is 50.7 Å². The number of nitrogens with zero attached hydrogens (tertiary/aromatic N) is 1. The first kappa shape index (κ1) is 13.1. The van der Waals surface area contributed by atoms with E-state index in [-0.39, 0.29) is 6.04 Å². The molecule has 1 heterocycles. The highest BCUT2D eigenvalue weighted by molar-refractivity contribution is 9.11. The Morgan fingerprint density at radius 3 is 2.60 bits per heavy atom. The van der Waals surface area contributed by atoms with Gasteiger partial charge in [0.15, 0.2) is 0 Å². The van der Waals surface area contributed by atoms with Gasteiger partial charge in [0, 0.05) is 27.6 Å². The molecule has 4 heteroatoms. The number of hydrogen-bond acceptors (Lipinski definition) is 2. The fraction of sp³-hybridized carbons (Fsp3) is 0.545. The van der Waals surface area contributed by atoms with Crippen molar-refractivity contribution in [2.45, 2.75) is 32.7 Å². The van der Waals surface area contributed by atoms with Crippen LogP contribution in [-0.4, -0.2) is 11.0 Å². The molecule has 0 amide bonds. The number of aromatic nitrogens is 1. The second-order valence-corrected chi connectivity index (χ2v) is 5.95. The molecule has 84 valence electrons. The lowest BCUT2D eigenvalue weighted by Gasteiger charge is -2.14. The van der Waals surface area contributed by atoms with E-state index in [4.69, 9.17) is 5.73 Å². The van der Waals surface area contributed by atoms with Gasteiger partial charge in [0.2, 0.25) is 0 Å². The Morgan fingerprint density at radius 2 is 2.07 bits per heavy atom. The van der Waals surface area contributed by atoms with Gasteiger partial charge in [0.1, 0.15) is 0 Å². The molecule has 1 rings (SSSR count). The standard InChI is InChI=1S/C11H16Br2N2/c1-7(2)3-9(14)5-11-10(13)4-8(12)6-15-11/h4,6-7,9H,3,5,14H2,1-2H3. The minimum absolute atomic E-state index is 0.190. The lowest BCUT2D eigenvalue weighted by Crippen LogP contribution is -2.25. The smallest absolute Gasteiger partial charge is 0.0561 e. The number of rotatable bonds is 4. The van der Waals surface area contributed by atoms with E-state index in [0.717, 1.165) is 27.5 Å². The zero-order valence-electron chi connectivity index (χ0n) is 9.00. The van der Waals surface area contributed by atoms with Gasteiger partial charge >= 0.3 is 0 Å². The fourth-order valence-electron chi connectivity index (χ4n) is 1.53. The van der Waals surface area contributed by atoms with Crippen LogP contribution in [0.2, 0.25) is 0 Å². The van der Waals surface area contributed by atoms with Gasteiger partial charge in [-0.05, 0) is 50.3 Å². The first-order valence-electron chi connectivity index (χ1n) is 5.04. The van der Waals surface area contributed by atoms with Crippen LogP contribution in [0.5, 0.6) is 0 Å². The molecule has 1 aromatic heterocycles. The van der Waals surface area contributed by atoms with Crippen molar-refractivity contribution in [3.05, 3.63) is 26.9 Å². The van der Waals surface area contributed by atoms with E-state index in [9.17, 15) is 0 Å². The van der Waals surface area contributed by atoms with Crippen LogP contribution in [0.4, 0.5) is 0 Å². The van der Waals surface area contributed by atoms with Crippen molar-refractivity contribution >= 4 is 31.9 Å². The molecule has 2 nitrogen and oxygen atoms in total. The average molecular weight is 336 g/mol. The molecular formula is C11H16Br2N2. The van der Waals surface area contributed by atoms with Crippen LogP contribution in [-0.2, 0) is 6.42 Å². The van der Waals surface area contributed by atoms with Crippen LogP contribution in [0.25, 0.3) is 0 Å². The third-order valence-electron chi connectivity index (χ3n) is 2.11. The Balaban J connectivity index is 2.64. The Labute approximate surface area is 108 Å². The summed E-state index contributed by atoms with van der Waals surface area (Å²) < 4.78 is 2.01. The van der Waals surface area contributed by atoms with Crippen molar-refractivity contribution in [1.82, 2.24) is 4.98 Å². The Morgan fingerprint density at radius 1 is 1.40 bits per heavy atom. The zero-order chi connectivity index (χ0) is 11.4. The normalized spacial score (nSPS) is 13.2. The first-order valence-corrected chi connectivity index (χ1v) is 6.63. The Bertz CT molecular complexity index is 326. The summed E-state index contributed by atoms with van der Waals surface area (Å²) in [6.45, 7) is 4.37. The summed E-state index contributed by atoms with van der Waals surface area (Å²) in [6, 6.07) is 2.19. The summed E-state index contributed by atoms with van der Waals surface area (Å²) in [4.78, 5) is 4.35. The molecule has 0 saturated heterocycles. The highest BCUT2D eigenvalue weighted by atomic mass is 79.9. The Kier molecular flexibility index (Phi) is 5.23. The molecule has 0 saturated carbocycles. The van der Waals surface area contributed by atoms with Crippen molar-refractivity contribution in [2.75, 3.05) is 0 Å². The molecule has 1 unspecified atom stereocenters. The molecule has 0 aliphatic rings. The van der Waals surface area contributed by atoms with Crippen LogP contribution in [0.15, 0.2) is 21.2 Å². The zero-order valence-corrected chi connectivity index (χ0v) is 12.2. The average Bonchev–Trinajstić information content (AvgIpc) is 2.08. The number of halogens is 2. The van der Waals surface area contributed by atoms with Crippen molar-refractivity contribution in [3.8, 4) is 0 Å². The molecule has 1 atom stereocenters. The molecule has 0 bridgehead atoms. The summed E-state index contributed by atoms with van der Waals surface area (Å²) in [5, 5.41) is 0. The van der Waals surface area contributed by atoms with Crippen molar-refractivity contribution < 1.29 is 0 Å². The predicted octanol–water partition coefficient (Wildman–Crippen LogP) is 3.52. The first-order chi connectivity index (χ1) is 6.99. The monoisotopic (exact) mass is 334 g/mol. The highest BCUT2D eigenvalue weighted by Crippen LogP contribution is 2.21. The highest BCUT2D eigenvalue weighted by Gasteiger charge is 2.10. The number of nitrogens with two attached hydrogens (primary N) is 1. The van der Waals surface area contributed by atoms with Crippen LogP contribution in [0, 0.1) is 5.92 Å². The minimum atomic E-state index is 0.190. The van der Waals surface area contributed by atoms with E-state index in [1.165, 1.54) is 0 Å². The second-order valence-electron chi connectivity index (χ2n) is 4.18. The number of pyridine rings is 1. The molecule has 0 radical (unpaired) electrons. The van der Waals surface area contributed by atoms with Gasteiger partial charge in [0.25, 0.3) is 0 Å². The van der Waals surface area contributed by atoms with E-state index in [1.54, 1.807) is 0 Å². The summed E-state index contributed by atoms with van der Waals surface area (Å²) in [7, 11) is 0. The second kappa shape index (κ2) is 5.97. The van der Waals surface area contributed by atoms with Crippen LogP contribution in [0.1, 0.15) is 26.0 Å². The summed E-state index contributed by atoms with van der Waals surface area (Å²) in [5.74, 6) is 0.634. The molecule has 0 aliphatic carbocycles. The maximum absolute atomic E-state index is 6.04. The molecule has 1 aromatic rings. The van der Waals surface area contributed by atoms with Crippen molar-refractivity contribution in [3.63, 3.8) is 0 Å². The van der Waals surface area contributed by atoms with Gasteiger partial charge < -0.3 is 5.73 Å². The maximum Gasteiger partial charge on any atom is 0.0561 e. The molecule has 2 N–H and O–H groups in total. The van der Waals surface area contributed by atoms with Gasteiger partial charge in [-0.2, -0.15) is 0 Å². The lowest BCUT2D eigenvalue weighted by molar-refractivity contribution is 0.490. The summed E-state index contributed by atoms with van der Waals surface area (Å²) >= 11 is 6.87. The fourth-order valence-corrected chi connectivity index (χ4v) is 2.68. The molecule has 0 fully saturated rings. The van der Waals surface area contributed by atoms with Crippen LogP contribution in [0.3, 0.4) is 0 Å². The van der Waals surface area contributed by atoms with Gasteiger partial charge in [-0.15, -0.1) is 0 Å². The molecule has 0 aromatic carbocycles. The SMILES string of the molecule is CC(C)CC(N)Cc1ncc(Br)cc1Br. The minimum Gasteiger partial charge on any atom is -0.327 e. The van der Waals surface area contributed by atoms with E-state index in [1.807, 2.05) is 12.3 Å². The van der Waals surface area contributed by atoms with Crippen molar-refractivity contribution in [2.24, 2.45) is 11.7 Å². The molecular weight excluding hydrogens is 320 g/mol. The van der Waals surface area contributed by atoms with Crippen LogP contribution < -0.4 is 5.73 Å². The quantitative estimate of drug-likeness (QED) is 0.914. The number of hydrogen-bond donors (Lipinski definition) is 1. The van der Waals surface area contributed by atoms with E-state index < -0.39 is 0 Å². The van der Waals surface area contributed by atoms with Crippen LogP contribution >= 0.6 is 31.9 Å². The third-order valence-corrected chi connectivity index (χ3v) is 3.23. The summed E-state index contributed by atoms with van der Waals surface area (Å²) in [6.07, 6.45) is 3.67. The van der Waals surface area contributed by atoms with Gasteiger partial charge in [-0.1, -0.05) is 13.8 Å². The molecule has 15 heavy (non-hydrogen) atoms. The van der Waals surface area contributed by atoms with Crippen molar-refractivity contribution in [1.29, 1.82) is 0 Å².